The van der Waals surface area contributed by atoms with Gasteiger partial charge in [0.2, 0.25) is 0 Å². The lowest BCUT2D eigenvalue weighted by Crippen LogP contribution is -2.24. The minimum atomic E-state index is 0.550. The third-order valence-corrected chi connectivity index (χ3v) is 4.88. The van der Waals surface area contributed by atoms with Crippen LogP contribution in [0.25, 0.3) is 0 Å². The van der Waals surface area contributed by atoms with Gasteiger partial charge in [-0.2, -0.15) is 0 Å². The molecule has 16 heavy (non-hydrogen) atoms. The van der Waals surface area contributed by atoms with Crippen LogP contribution in [0.5, 0.6) is 0 Å². The molecule has 2 aliphatic carbocycles. The Kier molecular flexibility index (Phi) is 3.20. The van der Waals surface area contributed by atoms with Crippen LogP contribution in [0.15, 0.2) is 11.1 Å². The average Bonchev–Trinajstić information content (AvgIpc) is 2.44. The minimum absolute atomic E-state index is 0.550. The summed E-state index contributed by atoms with van der Waals surface area (Å²) in [6, 6.07) is 0. The van der Waals surface area contributed by atoms with Crippen LogP contribution in [0, 0.1) is 23.2 Å². The van der Waals surface area contributed by atoms with Crippen LogP contribution in [0.3, 0.4) is 0 Å². The van der Waals surface area contributed by atoms with Crippen molar-refractivity contribution in [3.05, 3.63) is 11.1 Å². The smallest absolute Gasteiger partial charge is 0.0170 e. The highest BCUT2D eigenvalue weighted by atomic mass is 14.4. The molecule has 1 saturated carbocycles. The van der Waals surface area contributed by atoms with Gasteiger partial charge in [0, 0.05) is 0 Å². The molecule has 3 unspecified atom stereocenters. The van der Waals surface area contributed by atoms with Crippen molar-refractivity contribution in [1.82, 2.24) is 0 Å². The van der Waals surface area contributed by atoms with Gasteiger partial charge in [0.15, 0.2) is 0 Å². The second kappa shape index (κ2) is 4.20. The first-order valence-corrected chi connectivity index (χ1v) is 7.07. The van der Waals surface area contributed by atoms with E-state index in [4.69, 9.17) is 0 Å². The summed E-state index contributed by atoms with van der Waals surface area (Å²) >= 11 is 0. The Morgan fingerprint density at radius 2 is 1.81 bits per heavy atom. The summed E-state index contributed by atoms with van der Waals surface area (Å²) in [5, 5.41) is 0. The average molecular weight is 220 g/mol. The molecule has 0 aromatic heterocycles. The van der Waals surface area contributed by atoms with E-state index in [0.29, 0.717) is 5.41 Å². The maximum atomic E-state index is 2.48. The predicted molar refractivity (Wildman–Crippen MR) is 71.4 cm³/mol. The lowest BCUT2D eigenvalue weighted by atomic mass is 9.69. The molecule has 1 fully saturated rings. The lowest BCUT2D eigenvalue weighted by Gasteiger charge is -2.36. The van der Waals surface area contributed by atoms with E-state index in [1.54, 1.807) is 5.57 Å². The Morgan fingerprint density at radius 3 is 2.50 bits per heavy atom. The van der Waals surface area contributed by atoms with E-state index < -0.39 is 0 Å². The largest absolute Gasteiger partial charge is 0.0736 e. The standard InChI is InChI=1S/C16H28/c1-11-8-13(3)14-7-6-12(2)15(14)10-16(4,5)9-11/h11-12,15H,6-10H2,1-5H3. The van der Waals surface area contributed by atoms with Crippen molar-refractivity contribution in [2.24, 2.45) is 23.2 Å². The van der Waals surface area contributed by atoms with Crippen LogP contribution in [0.2, 0.25) is 0 Å². The Labute approximate surface area is 102 Å². The van der Waals surface area contributed by atoms with E-state index in [1.807, 2.05) is 5.57 Å². The molecular formula is C16H28. The predicted octanol–water partition coefficient (Wildman–Crippen LogP) is 5.20. The molecule has 0 bridgehead atoms. The zero-order valence-corrected chi connectivity index (χ0v) is 11.8. The van der Waals surface area contributed by atoms with Crippen molar-refractivity contribution in [3.8, 4) is 0 Å². The van der Waals surface area contributed by atoms with Gasteiger partial charge in [0.25, 0.3) is 0 Å². The quantitative estimate of drug-likeness (QED) is 0.492. The topological polar surface area (TPSA) is 0 Å². The lowest BCUT2D eigenvalue weighted by molar-refractivity contribution is 0.200. The summed E-state index contributed by atoms with van der Waals surface area (Å²) in [6.45, 7) is 12.3. The van der Waals surface area contributed by atoms with Gasteiger partial charge >= 0.3 is 0 Å². The third kappa shape index (κ3) is 2.36. The van der Waals surface area contributed by atoms with Crippen LogP contribution in [-0.2, 0) is 0 Å². The zero-order chi connectivity index (χ0) is 11.9. The summed E-state index contributed by atoms with van der Waals surface area (Å²) in [5.41, 5.74) is 4.12. The summed E-state index contributed by atoms with van der Waals surface area (Å²) in [4.78, 5) is 0. The number of hydrogen-bond donors (Lipinski definition) is 0. The van der Waals surface area contributed by atoms with E-state index in [0.717, 1.165) is 17.8 Å². The molecule has 0 saturated heterocycles. The van der Waals surface area contributed by atoms with E-state index in [2.05, 4.69) is 34.6 Å². The third-order valence-electron chi connectivity index (χ3n) is 4.88. The fraction of sp³-hybridized carbons (Fsp3) is 0.875. The highest BCUT2D eigenvalue weighted by molar-refractivity contribution is 5.22. The molecule has 0 aromatic rings. The van der Waals surface area contributed by atoms with Crippen molar-refractivity contribution >= 4 is 0 Å². The van der Waals surface area contributed by atoms with E-state index in [9.17, 15) is 0 Å². The molecule has 2 rings (SSSR count). The molecule has 0 aromatic carbocycles. The molecule has 0 spiro atoms. The molecule has 92 valence electrons. The van der Waals surface area contributed by atoms with Gasteiger partial charge in [-0.3, -0.25) is 0 Å². The van der Waals surface area contributed by atoms with Crippen molar-refractivity contribution in [2.45, 2.75) is 66.7 Å². The normalized spacial score (nSPS) is 39.2. The van der Waals surface area contributed by atoms with Crippen molar-refractivity contribution < 1.29 is 0 Å². The number of hydrogen-bond acceptors (Lipinski definition) is 0. The number of rotatable bonds is 0. The Hall–Kier alpha value is -0.260. The number of fused-ring (bicyclic) bond motifs is 1. The molecule has 0 N–H and O–H groups in total. The molecular weight excluding hydrogens is 192 g/mol. The van der Waals surface area contributed by atoms with Gasteiger partial charge < -0.3 is 0 Å². The Bertz CT molecular complexity index is 295. The van der Waals surface area contributed by atoms with Gasteiger partial charge in [-0.1, -0.05) is 38.8 Å². The molecule has 0 radical (unpaired) electrons. The summed E-state index contributed by atoms with van der Waals surface area (Å²) in [6.07, 6.45) is 7.00. The Morgan fingerprint density at radius 1 is 1.12 bits per heavy atom. The van der Waals surface area contributed by atoms with Crippen LogP contribution in [-0.4, -0.2) is 0 Å². The zero-order valence-electron chi connectivity index (χ0n) is 11.8. The molecule has 0 nitrogen and oxygen atoms in total. The maximum Gasteiger partial charge on any atom is -0.0170 e. The van der Waals surface area contributed by atoms with Gasteiger partial charge in [0.1, 0.15) is 0 Å². The van der Waals surface area contributed by atoms with Gasteiger partial charge in [-0.15, -0.1) is 0 Å². The fourth-order valence-corrected chi connectivity index (χ4v) is 4.32. The highest BCUT2D eigenvalue weighted by Gasteiger charge is 2.36. The van der Waals surface area contributed by atoms with Crippen molar-refractivity contribution in [2.75, 3.05) is 0 Å². The van der Waals surface area contributed by atoms with Crippen LogP contribution < -0.4 is 0 Å². The molecule has 0 heteroatoms. The summed E-state index contributed by atoms with van der Waals surface area (Å²) < 4.78 is 0. The minimum Gasteiger partial charge on any atom is -0.0736 e. The second-order valence-electron chi connectivity index (χ2n) is 7.31. The maximum absolute atomic E-state index is 2.48. The van der Waals surface area contributed by atoms with E-state index in [-0.39, 0.29) is 0 Å². The molecule has 0 heterocycles. The first-order valence-electron chi connectivity index (χ1n) is 7.07. The summed E-state index contributed by atoms with van der Waals surface area (Å²) in [5.74, 6) is 2.71. The molecule has 3 atom stereocenters. The van der Waals surface area contributed by atoms with E-state index in [1.165, 1.54) is 32.1 Å². The molecule has 2 aliphatic rings. The summed E-state index contributed by atoms with van der Waals surface area (Å²) in [7, 11) is 0. The van der Waals surface area contributed by atoms with Crippen LogP contribution in [0.4, 0.5) is 0 Å². The SMILES string of the molecule is CC1=C2CCC(C)C2CC(C)(C)CC(C)C1. The molecule has 0 aliphatic heterocycles. The Balaban J connectivity index is 2.31. The monoisotopic (exact) mass is 220 g/mol. The van der Waals surface area contributed by atoms with Gasteiger partial charge in [0.05, 0.1) is 0 Å². The van der Waals surface area contributed by atoms with Crippen molar-refractivity contribution in [1.29, 1.82) is 0 Å². The number of allylic oxidation sites excluding steroid dienone is 2. The first-order chi connectivity index (χ1) is 7.39. The highest BCUT2D eigenvalue weighted by Crippen LogP contribution is 2.49. The van der Waals surface area contributed by atoms with E-state index >= 15 is 0 Å². The molecule has 0 amide bonds. The van der Waals surface area contributed by atoms with Gasteiger partial charge in [-0.05, 0) is 62.2 Å². The van der Waals surface area contributed by atoms with Crippen molar-refractivity contribution in [3.63, 3.8) is 0 Å². The van der Waals surface area contributed by atoms with Crippen LogP contribution >= 0.6 is 0 Å². The van der Waals surface area contributed by atoms with Gasteiger partial charge in [-0.25, -0.2) is 0 Å². The van der Waals surface area contributed by atoms with Crippen LogP contribution in [0.1, 0.15) is 66.7 Å². The fourth-order valence-electron chi connectivity index (χ4n) is 4.32. The second-order valence-corrected chi connectivity index (χ2v) is 7.31. The first kappa shape index (κ1) is 12.2.